The normalized spacial score (nSPS) is 24.8. The third kappa shape index (κ3) is 2.19. The summed E-state index contributed by atoms with van der Waals surface area (Å²) in [5, 5.41) is 0. The molecule has 0 aromatic heterocycles. The molecule has 3 nitrogen and oxygen atoms in total. The van der Waals surface area contributed by atoms with E-state index in [-0.39, 0.29) is 12.2 Å². The molecule has 0 bridgehead atoms. The highest BCUT2D eigenvalue weighted by molar-refractivity contribution is 4.82. The highest BCUT2D eigenvalue weighted by atomic mass is 15.2. The van der Waals surface area contributed by atoms with Crippen LogP contribution in [0.5, 0.6) is 0 Å². The molecule has 0 radical (unpaired) electrons. The second-order valence-electron chi connectivity index (χ2n) is 4.06. The Labute approximate surface area is 75.1 Å². The molecule has 0 saturated carbocycles. The SMILES string of the molecule is CC(C)C(N)C(N)N1CCCC1. The average molecular weight is 171 g/mol. The van der Waals surface area contributed by atoms with E-state index in [1.54, 1.807) is 0 Å². The van der Waals surface area contributed by atoms with Crippen molar-refractivity contribution in [2.75, 3.05) is 13.1 Å². The minimum atomic E-state index is 0.0625. The third-order valence-electron chi connectivity index (χ3n) is 2.73. The molecule has 3 heteroatoms. The van der Waals surface area contributed by atoms with Crippen molar-refractivity contribution in [2.45, 2.75) is 38.9 Å². The predicted octanol–water partition coefficient (Wildman–Crippen LogP) is 0.350. The van der Waals surface area contributed by atoms with Crippen molar-refractivity contribution in [1.29, 1.82) is 0 Å². The summed E-state index contributed by atoms with van der Waals surface area (Å²) in [4.78, 5) is 2.30. The first kappa shape index (κ1) is 9.96. The van der Waals surface area contributed by atoms with Crippen molar-refractivity contribution in [1.82, 2.24) is 4.90 Å². The van der Waals surface area contributed by atoms with Crippen molar-refractivity contribution in [3.8, 4) is 0 Å². The molecule has 0 amide bonds. The minimum absolute atomic E-state index is 0.0625. The molecule has 12 heavy (non-hydrogen) atoms. The summed E-state index contributed by atoms with van der Waals surface area (Å²) < 4.78 is 0. The fourth-order valence-corrected chi connectivity index (χ4v) is 1.68. The summed E-state index contributed by atoms with van der Waals surface area (Å²) in [5.74, 6) is 0.473. The molecule has 0 aromatic carbocycles. The van der Waals surface area contributed by atoms with E-state index in [0.29, 0.717) is 5.92 Å². The zero-order valence-corrected chi connectivity index (χ0v) is 8.16. The van der Waals surface area contributed by atoms with Gasteiger partial charge in [0.05, 0.1) is 6.17 Å². The second kappa shape index (κ2) is 4.21. The zero-order chi connectivity index (χ0) is 9.14. The number of hydrogen-bond acceptors (Lipinski definition) is 3. The molecule has 1 aliphatic heterocycles. The van der Waals surface area contributed by atoms with Gasteiger partial charge in [0.2, 0.25) is 0 Å². The van der Waals surface area contributed by atoms with Gasteiger partial charge >= 0.3 is 0 Å². The lowest BCUT2D eigenvalue weighted by molar-refractivity contribution is 0.191. The van der Waals surface area contributed by atoms with Crippen LogP contribution in [0.1, 0.15) is 26.7 Å². The molecule has 1 heterocycles. The van der Waals surface area contributed by atoms with Crippen LogP contribution in [0.2, 0.25) is 0 Å². The maximum Gasteiger partial charge on any atom is 0.0730 e. The molecule has 1 rings (SSSR count). The molecule has 2 unspecified atom stereocenters. The Bertz CT molecular complexity index is 128. The highest BCUT2D eigenvalue weighted by Gasteiger charge is 2.25. The smallest absolute Gasteiger partial charge is 0.0730 e. The first-order valence-corrected chi connectivity index (χ1v) is 4.88. The van der Waals surface area contributed by atoms with Crippen LogP contribution < -0.4 is 11.5 Å². The lowest BCUT2D eigenvalue weighted by atomic mass is 10.0. The van der Waals surface area contributed by atoms with Gasteiger partial charge in [-0.15, -0.1) is 0 Å². The Morgan fingerprint density at radius 1 is 1.08 bits per heavy atom. The largest absolute Gasteiger partial charge is 0.325 e. The monoisotopic (exact) mass is 171 g/mol. The maximum absolute atomic E-state index is 6.02. The zero-order valence-electron chi connectivity index (χ0n) is 8.16. The van der Waals surface area contributed by atoms with E-state index < -0.39 is 0 Å². The maximum atomic E-state index is 6.02. The summed E-state index contributed by atoms with van der Waals surface area (Å²) in [6, 6.07) is 0.114. The summed E-state index contributed by atoms with van der Waals surface area (Å²) in [6.45, 7) is 6.50. The summed E-state index contributed by atoms with van der Waals surface area (Å²) >= 11 is 0. The average Bonchev–Trinajstić information content (AvgIpc) is 2.53. The van der Waals surface area contributed by atoms with E-state index >= 15 is 0 Å². The van der Waals surface area contributed by atoms with E-state index in [1.807, 2.05) is 0 Å². The first-order valence-electron chi connectivity index (χ1n) is 4.88. The topological polar surface area (TPSA) is 55.3 Å². The molecule has 4 N–H and O–H groups in total. The van der Waals surface area contributed by atoms with Crippen molar-refractivity contribution in [2.24, 2.45) is 17.4 Å². The van der Waals surface area contributed by atoms with Crippen molar-refractivity contribution >= 4 is 0 Å². The fraction of sp³-hybridized carbons (Fsp3) is 1.00. The Hall–Kier alpha value is -0.120. The highest BCUT2D eigenvalue weighted by Crippen LogP contribution is 2.13. The van der Waals surface area contributed by atoms with E-state index in [0.717, 1.165) is 13.1 Å². The number of rotatable bonds is 3. The lowest BCUT2D eigenvalue weighted by Gasteiger charge is -2.31. The fourth-order valence-electron chi connectivity index (χ4n) is 1.68. The van der Waals surface area contributed by atoms with Gasteiger partial charge in [-0.25, -0.2) is 0 Å². The van der Waals surface area contributed by atoms with Crippen LogP contribution in [0.4, 0.5) is 0 Å². The molecule has 1 fully saturated rings. The molecular weight excluding hydrogens is 150 g/mol. The number of hydrogen-bond donors (Lipinski definition) is 2. The summed E-state index contributed by atoms with van der Waals surface area (Å²) in [7, 11) is 0. The van der Waals surface area contributed by atoms with Gasteiger partial charge in [0.1, 0.15) is 0 Å². The number of nitrogens with zero attached hydrogens (tertiary/aromatic N) is 1. The molecular formula is C9H21N3. The van der Waals surface area contributed by atoms with Crippen LogP contribution in [0.25, 0.3) is 0 Å². The second-order valence-corrected chi connectivity index (χ2v) is 4.06. The van der Waals surface area contributed by atoms with E-state index in [4.69, 9.17) is 11.5 Å². The molecule has 72 valence electrons. The van der Waals surface area contributed by atoms with Crippen LogP contribution >= 0.6 is 0 Å². The lowest BCUT2D eigenvalue weighted by Crippen LogP contribution is -2.54. The van der Waals surface area contributed by atoms with Crippen LogP contribution in [0.15, 0.2) is 0 Å². The van der Waals surface area contributed by atoms with Gasteiger partial charge in [-0.3, -0.25) is 4.90 Å². The van der Waals surface area contributed by atoms with Gasteiger partial charge in [-0.2, -0.15) is 0 Å². The Kier molecular flexibility index (Phi) is 3.50. The number of likely N-dealkylation sites (tertiary alicyclic amines) is 1. The predicted molar refractivity (Wildman–Crippen MR) is 51.6 cm³/mol. The quantitative estimate of drug-likeness (QED) is 0.644. The molecule has 0 aliphatic carbocycles. The summed E-state index contributed by atoms with van der Waals surface area (Å²) in [5.41, 5.74) is 12.0. The van der Waals surface area contributed by atoms with Gasteiger partial charge in [0.25, 0.3) is 0 Å². The molecule has 2 atom stereocenters. The van der Waals surface area contributed by atoms with Crippen molar-refractivity contribution < 1.29 is 0 Å². The molecule has 1 saturated heterocycles. The Morgan fingerprint density at radius 2 is 1.58 bits per heavy atom. The van der Waals surface area contributed by atoms with Gasteiger partial charge in [0.15, 0.2) is 0 Å². The van der Waals surface area contributed by atoms with Crippen LogP contribution in [0.3, 0.4) is 0 Å². The van der Waals surface area contributed by atoms with Crippen LogP contribution in [0, 0.1) is 5.92 Å². The van der Waals surface area contributed by atoms with E-state index in [9.17, 15) is 0 Å². The van der Waals surface area contributed by atoms with Crippen LogP contribution in [-0.2, 0) is 0 Å². The van der Waals surface area contributed by atoms with Gasteiger partial charge in [0, 0.05) is 6.04 Å². The minimum Gasteiger partial charge on any atom is -0.325 e. The first-order chi connectivity index (χ1) is 5.63. The third-order valence-corrected chi connectivity index (χ3v) is 2.73. The van der Waals surface area contributed by atoms with Gasteiger partial charge in [-0.1, -0.05) is 13.8 Å². The Morgan fingerprint density at radius 3 is 2.00 bits per heavy atom. The number of nitrogens with two attached hydrogens (primary N) is 2. The van der Waals surface area contributed by atoms with Crippen molar-refractivity contribution in [3.63, 3.8) is 0 Å². The standard InChI is InChI=1S/C9H21N3/c1-7(2)8(10)9(11)12-5-3-4-6-12/h7-9H,3-6,10-11H2,1-2H3. The Balaban J connectivity index is 2.39. The summed E-state index contributed by atoms with van der Waals surface area (Å²) in [6.07, 6.45) is 2.62. The van der Waals surface area contributed by atoms with Crippen LogP contribution in [-0.4, -0.2) is 30.2 Å². The molecule has 0 spiro atoms. The van der Waals surface area contributed by atoms with Gasteiger partial charge < -0.3 is 11.5 Å². The molecule has 1 aliphatic rings. The van der Waals surface area contributed by atoms with Gasteiger partial charge in [-0.05, 0) is 31.8 Å². The van der Waals surface area contributed by atoms with Crippen molar-refractivity contribution in [3.05, 3.63) is 0 Å². The van der Waals surface area contributed by atoms with E-state index in [2.05, 4.69) is 18.7 Å². The molecule has 0 aromatic rings. The van der Waals surface area contributed by atoms with E-state index in [1.165, 1.54) is 12.8 Å².